The lowest BCUT2D eigenvalue weighted by molar-refractivity contribution is -0.141. The molecule has 3 amide bonds. The molecule has 0 spiro atoms. The summed E-state index contributed by atoms with van der Waals surface area (Å²) in [6, 6.07) is -3.98. The minimum atomic E-state index is -1.54. The Balaban J connectivity index is 2.05. The number of carboxylic acids is 1. The second-order valence-electron chi connectivity index (χ2n) is 6.67. The van der Waals surface area contributed by atoms with Gasteiger partial charge in [0.2, 0.25) is 11.8 Å². The number of carbonyl (C=O) groups excluding carboxylic acids is 2. The molecule has 0 bridgehead atoms. The SMILES string of the molecule is CC(O)[C@H](NC(=O)N[C@@H](CC(N)=O)c1nc([C@H](N)CC2CC2)no1)C(=O)O. The number of nitrogens with two attached hydrogens (primary N) is 2. The third-order valence-corrected chi connectivity index (χ3v) is 4.12. The summed E-state index contributed by atoms with van der Waals surface area (Å²) in [5.74, 6) is -1.44. The lowest BCUT2D eigenvalue weighted by Crippen LogP contribution is -2.52. The maximum absolute atomic E-state index is 12.1. The maximum Gasteiger partial charge on any atom is 0.328 e. The van der Waals surface area contributed by atoms with Crippen LogP contribution in [0.2, 0.25) is 0 Å². The molecule has 0 aliphatic heterocycles. The molecule has 1 aliphatic carbocycles. The van der Waals surface area contributed by atoms with E-state index in [2.05, 4.69) is 20.8 Å². The molecule has 12 nitrogen and oxygen atoms in total. The molecule has 1 saturated carbocycles. The Hall–Kier alpha value is -2.73. The van der Waals surface area contributed by atoms with E-state index in [-0.39, 0.29) is 18.1 Å². The van der Waals surface area contributed by atoms with Gasteiger partial charge < -0.3 is 36.8 Å². The van der Waals surface area contributed by atoms with Crippen molar-refractivity contribution >= 4 is 17.9 Å². The van der Waals surface area contributed by atoms with Crippen LogP contribution in [0.25, 0.3) is 0 Å². The van der Waals surface area contributed by atoms with Crippen molar-refractivity contribution in [3.8, 4) is 0 Å². The van der Waals surface area contributed by atoms with E-state index in [9.17, 15) is 19.5 Å². The van der Waals surface area contributed by atoms with Gasteiger partial charge in [0.1, 0.15) is 6.04 Å². The van der Waals surface area contributed by atoms with Gasteiger partial charge in [-0.15, -0.1) is 0 Å². The van der Waals surface area contributed by atoms with Gasteiger partial charge in [0.05, 0.1) is 18.6 Å². The Kier molecular flexibility index (Phi) is 6.69. The summed E-state index contributed by atoms with van der Waals surface area (Å²) >= 11 is 0. The largest absolute Gasteiger partial charge is 0.480 e. The van der Waals surface area contributed by atoms with Crippen molar-refractivity contribution in [3.05, 3.63) is 11.7 Å². The molecule has 150 valence electrons. The first-order chi connectivity index (χ1) is 12.7. The normalized spacial score (nSPS) is 18.2. The number of aromatic nitrogens is 2. The van der Waals surface area contributed by atoms with Gasteiger partial charge in [0.25, 0.3) is 0 Å². The van der Waals surface area contributed by atoms with Crippen molar-refractivity contribution in [3.63, 3.8) is 0 Å². The lowest BCUT2D eigenvalue weighted by atomic mass is 10.1. The van der Waals surface area contributed by atoms with Crippen LogP contribution in [-0.2, 0) is 9.59 Å². The zero-order chi connectivity index (χ0) is 20.1. The van der Waals surface area contributed by atoms with Gasteiger partial charge in [0, 0.05) is 0 Å². The highest BCUT2D eigenvalue weighted by Gasteiger charge is 2.30. The van der Waals surface area contributed by atoms with Crippen molar-refractivity contribution in [2.75, 3.05) is 0 Å². The molecule has 1 aromatic rings. The Morgan fingerprint density at radius 1 is 1.33 bits per heavy atom. The highest BCUT2D eigenvalue weighted by Crippen LogP contribution is 2.36. The summed E-state index contributed by atoms with van der Waals surface area (Å²) in [6.45, 7) is 1.21. The van der Waals surface area contributed by atoms with Gasteiger partial charge in [-0.2, -0.15) is 4.98 Å². The minimum absolute atomic E-state index is 0.0749. The first kappa shape index (κ1) is 20.6. The smallest absolute Gasteiger partial charge is 0.328 e. The number of primary amides is 1. The molecule has 4 atom stereocenters. The van der Waals surface area contributed by atoms with Crippen molar-refractivity contribution in [2.24, 2.45) is 17.4 Å². The van der Waals surface area contributed by atoms with Crippen LogP contribution < -0.4 is 22.1 Å². The summed E-state index contributed by atoms with van der Waals surface area (Å²) in [6.07, 6.45) is 1.25. The second-order valence-corrected chi connectivity index (χ2v) is 6.67. The predicted octanol–water partition coefficient (Wildman–Crippen LogP) is -1.08. The van der Waals surface area contributed by atoms with Crippen LogP contribution in [0.15, 0.2) is 4.52 Å². The molecule has 2 rings (SSSR count). The van der Waals surface area contributed by atoms with E-state index >= 15 is 0 Å². The van der Waals surface area contributed by atoms with Crippen molar-refractivity contribution < 1.29 is 29.1 Å². The van der Waals surface area contributed by atoms with E-state index in [1.54, 1.807) is 0 Å². The molecule has 1 heterocycles. The maximum atomic E-state index is 12.1. The number of hydrogen-bond acceptors (Lipinski definition) is 8. The zero-order valence-corrected chi connectivity index (χ0v) is 14.8. The quantitative estimate of drug-likeness (QED) is 0.289. The van der Waals surface area contributed by atoms with E-state index < -0.39 is 42.1 Å². The number of carboxylic acid groups (broad SMARTS) is 1. The minimum Gasteiger partial charge on any atom is -0.480 e. The number of aliphatic hydroxyl groups is 1. The van der Waals surface area contributed by atoms with Crippen LogP contribution in [0.3, 0.4) is 0 Å². The van der Waals surface area contributed by atoms with E-state index in [1.807, 2.05) is 0 Å². The van der Waals surface area contributed by atoms with Gasteiger partial charge in [-0.1, -0.05) is 18.0 Å². The van der Waals surface area contributed by atoms with E-state index in [0.29, 0.717) is 12.3 Å². The summed E-state index contributed by atoms with van der Waals surface area (Å²) in [7, 11) is 0. The van der Waals surface area contributed by atoms with Crippen LogP contribution in [0.5, 0.6) is 0 Å². The molecule has 1 unspecified atom stereocenters. The number of urea groups is 1. The number of nitrogens with zero attached hydrogens (tertiary/aromatic N) is 2. The first-order valence-electron chi connectivity index (χ1n) is 8.52. The second kappa shape index (κ2) is 8.77. The Morgan fingerprint density at radius 3 is 2.52 bits per heavy atom. The number of carbonyl (C=O) groups is 3. The van der Waals surface area contributed by atoms with Crippen molar-refractivity contribution in [2.45, 2.75) is 56.8 Å². The number of rotatable bonds is 10. The standard InChI is InChI=1S/C15H24N6O6/c1-6(22)11(14(24)25)19-15(26)18-9(5-10(17)23)13-20-12(21-27-13)8(16)4-7-2-3-7/h6-9,11,22H,2-5,16H2,1H3,(H2,17,23)(H,24,25)(H2,18,19,26)/t6?,8-,9+,11+/m1/s1. The fourth-order valence-corrected chi connectivity index (χ4v) is 2.49. The Bertz CT molecular complexity index is 688. The predicted molar refractivity (Wildman–Crippen MR) is 89.9 cm³/mol. The van der Waals surface area contributed by atoms with Gasteiger partial charge in [-0.25, -0.2) is 9.59 Å². The molecule has 1 fully saturated rings. The summed E-state index contributed by atoms with van der Waals surface area (Å²) in [5.41, 5.74) is 11.2. The van der Waals surface area contributed by atoms with Crippen LogP contribution in [-0.4, -0.2) is 50.4 Å². The monoisotopic (exact) mass is 384 g/mol. The molecule has 0 aromatic carbocycles. The van der Waals surface area contributed by atoms with Gasteiger partial charge >= 0.3 is 12.0 Å². The van der Waals surface area contributed by atoms with Gasteiger partial charge in [-0.3, -0.25) is 4.79 Å². The van der Waals surface area contributed by atoms with Crippen LogP contribution >= 0.6 is 0 Å². The molecule has 1 aromatic heterocycles. The number of aliphatic hydroxyl groups excluding tert-OH is 1. The number of nitrogens with one attached hydrogen (secondary N) is 2. The zero-order valence-electron chi connectivity index (χ0n) is 14.8. The highest BCUT2D eigenvalue weighted by molar-refractivity contribution is 5.83. The lowest BCUT2D eigenvalue weighted by Gasteiger charge is -2.19. The van der Waals surface area contributed by atoms with Crippen LogP contribution in [0.1, 0.15) is 56.4 Å². The third kappa shape index (κ3) is 6.18. The average Bonchev–Trinajstić information content (AvgIpc) is 3.23. The first-order valence-corrected chi connectivity index (χ1v) is 8.52. The van der Waals surface area contributed by atoms with Gasteiger partial charge in [0.15, 0.2) is 11.9 Å². The van der Waals surface area contributed by atoms with Crippen LogP contribution in [0.4, 0.5) is 4.79 Å². The van der Waals surface area contributed by atoms with Gasteiger partial charge in [-0.05, 0) is 19.3 Å². The number of aliphatic carboxylic acids is 1. The van der Waals surface area contributed by atoms with E-state index in [1.165, 1.54) is 6.92 Å². The summed E-state index contributed by atoms with van der Waals surface area (Å²) in [5, 5.41) is 26.6. The number of amides is 3. The molecule has 0 saturated heterocycles. The molecular weight excluding hydrogens is 360 g/mol. The van der Waals surface area contributed by atoms with E-state index in [0.717, 1.165) is 12.8 Å². The molecule has 8 N–H and O–H groups in total. The molecule has 12 heteroatoms. The fourth-order valence-electron chi connectivity index (χ4n) is 2.49. The van der Waals surface area contributed by atoms with Crippen LogP contribution in [0, 0.1) is 5.92 Å². The van der Waals surface area contributed by atoms with Crippen molar-refractivity contribution in [1.29, 1.82) is 0 Å². The Labute approximate surface area is 154 Å². The fraction of sp³-hybridized carbons (Fsp3) is 0.667. The Morgan fingerprint density at radius 2 is 2.00 bits per heavy atom. The number of hydrogen-bond donors (Lipinski definition) is 6. The van der Waals surface area contributed by atoms with Crippen molar-refractivity contribution in [1.82, 2.24) is 20.8 Å². The molecule has 27 heavy (non-hydrogen) atoms. The molecule has 1 aliphatic rings. The molecular formula is C15H24N6O6. The summed E-state index contributed by atoms with van der Waals surface area (Å²) in [4.78, 5) is 38.5. The third-order valence-electron chi connectivity index (χ3n) is 4.12. The summed E-state index contributed by atoms with van der Waals surface area (Å²) < 4.78 is 5.09. The highest BCUT2D eigenvalue weighted by atomic mass is 16.5. The average molecular weight is 384 g/mol. The topological polar surface area (TPSA) is 207 Å². The van der Waals surface area contributed by atoms with E-state index in [4.69, 9.17) is 21.1 Å². The molecule has 0 radical (unpaired) electrons.